The first-order chi connectivity index (χ1) is 18.0. The molecule has 2 N–H and O–H groups in total. The smallest absolute Gasteiger partial charge is 0.254 e. The monoisotopic (exact) mass is 517 g/mol. The number of pyridine rings is 1. The number of hydrogen-bond acceptors (Lipinski definition) is 6. The average molecular weight is 518 g/mol. The number of hydrogen-bond donors (Lipinski definition) is 1. The Kier molecular flexibility index (Phi) is 7.53. The fourth-order valence-corrected chi connectivity index (χ4v) is 4.84. The van der Waals surface area contributed by atoms with Crippen molar-refractivity contribution in [3.8, 4) is 16.9 Å². The van der Waals surface area contributed by atoms with Crippen LogP contribution < -0.4 is 10.5 Å². The number of nitrogen functional groups attached to an aromatic ring is 1. The molecule has 1 amide bonds. The van der Waals surface area contributed by atoms with Gasteiger partial charge in [0.2, 0.25) is 0 Å². The first-order valence-corrected chi connectivity index (χ1v) is 12.7. The standard InChI is InChI=1S/C29H28ClN3O4/c30-26-17-22(20-3-5-21(6-4-20)29(35)33-11-13-36-14-12-33)15-23-16-25(37-28(23)26)9-8-24(34)7-1-19-2-10-27(31)32-18-19/h1-7,10,15,17-18,25H,8-9,11-14,16H2,(H2,31,32)/b7-1+. The molecule has 0 saturated carbocycles. The zero-order chi connectivity index (χ0) is 25.8. The molecule has 37 heavy (non-hydrogen) atoms. The minimum absolute atomic E-state index is 0.0209. The van der Waals surface area contributed by atoms with Gasteiger partial charge in [-0.05, 0) is 77.2 Å². The Balaban J connectivity index is 1.19. The number of amides is 1. The number of ketones is 1. The van der Waals surface area contributed by atoms with E-state index in [1.165, 1.54) is 0 Å². The minimum atomic E-state index is -0.105. The maximum atomic E-state index is 12.7. The molecule has 3 aromatic rings. The van der Waals surface area contributed by atoms with Crippen molar-refractivity contribution in [3.05, 3.63) is 82.5 Å². The molecule has 1 aromatic heterocycles. The van der Waals surface area contributed by atoms with E-state index in [0.717, 1.165) is 22.3 Å². The van der Waals surface area contributed by atoms with E-state index in [-0.39, 0.29) is 17.8 Å². The van der Waals surface area contributed by atoms with Gasteiger partial charge in [-0.1, -0.05) is 23.7 Å². The third-order valence-electron chi connectivity index (χ3n) is 6.60. The molecule has 0 aliphatic carbocycles. The number of aromatic nitrogens is 1. The molecule has 8 heteroatoms. The molecule has 0 bridgehead atoms. The van der Waals surface area contributed by atoms with Gasteiger partial charge in [0.15, 0.2) is 5.78 Å². The third kappa shape index (κ3) is 6.01. The van der Waals surface area contributed by atoms with Crippen molar-refractivity contribution in [1.82, 2.24) is 9.88 Å². The lowest BCUT2D eigenvalue weighted by Crippen LogP contribution is -2.40. The van der Waals surface area contributed by atoms with Gasteiger partial charge in [0.25, 0.3) is 5.91 Å². The quantitative estimate of drug-likeness (QED) is 0.451. The molecule has 1 fully saturated rings. The predicted molar refractivity (Wildman–Crippen MR) is 144 cm³/mol. The summed E-state index contributed by atoms with van der Waals surface area (Å²) in [6, 6.07) is 15.1. The summed E-state index contributed by atoms with van der Waals surface area (Å²) in [7, 11) is 0. The Labute approximate surface area is 220 Å². The molecule has 1 saturated heterocycles. The van der Waals surface area contributed by atoms with Gasteiger partial charge in [0, 0.05) is 37.7 Å². The van der Waals surface area contributed by atoms with Crippen molar-refractivity contribution in [2.45, 2.75) is 25.4 Å². The number of carbonyl (C=O) groups excluding carboxylic acids is 2. The Morgan fingerprint density at radius 3 is 2.59 bits per heavy atom. The summed E-state index contributed by atoms with van der Waals surface area (Å²) in [5, 5.41) is 0.547. The number of ether oxygens (including phenoxy) is 2. The van der Waals surface area contributed by atoms with Crippen LogP contribution in [0.5, 0.6) is 5.75 Å². The van der Waals surface area contributed by atoms with Gasteiger partial charge in [-0.25, -0.2) is 4.98 Å². The second-order valence-corrected chi connectivity index (χ2v) is 9.63. The predicted octanol–water partition coefficient (Wildman–Crippen LogP) is 4.82. The lowest BCUT2D eigenvalue weighted by molar-refractivity contribution is -0.115. The normalized spacial score (nSPS) is 17.0. The Morgan fingerprint density at radius 1 is 1.08 bits per heavy atom. The molecule has 2 aromatic carbocycles. The Morgan fingerprint density at radius 2 is 1.86 bits per heavy atom. The Bertz CT molecular complexity index is 1320. The molecular formula is C29H28ClN3O4. The molecule has 5 rings (SSSR count). The van der Waals surface area contributed by atoms with Crippen LogP contribution in [-0.2, 0) is 16.0 Å². The van der Waals surface area contributed by atoms with Crippen LogP contribution in [0.25, 0.3) is 17.2 Å². The zero-order valence-corrected chi connectivity index (χ0v) is 21.1. The minimum Gasteiger partial charge on any atom is -0.488 e. The first-order valence-electron chi connectivity index (χ1n) is 12.4. The lowest BCUT2D eigenvalue weighted by atomic mass is 9.98. The number of carbonyl (C=O) groups is 2. The summed E-state index contributed by atoms with van der Waals surface area (Å²) in [4.78, 5) is 30.9. The maximum Gasteiger partial charge on any atom is 0.254 e. The highest BCUT2D eigenvalue weighted by Crippen LogP contribution is 2.40. The molecule has 1 unspecified atom stereocenters. The number of morpholine rings is 1. The number of halogens is 1. The van der Waals surface area contributed by atoms with E-state index in [9.17, 15) is 9.59 Å². The van der Waals surface area contributed by atoms with E-state index in [0.29, 0.717) is 67.7 Å². The van der Waals surface area contributed by atoms with E-state index in [2.05, 4.69) is 11.1 Å². The second kappa shape index (κ2) is 11.2. The van der Waals surface area contributed by atoms with Crippen molar-refractivity contribution in [2.24, 2.45) is 0 Å². The van der Waals surface area contributed by atoms with Crippen LogP contribution >= 0.6 is 11.6 Å². The maximum absolute atomic E-state index is 12.7. The fraction of sp³-hybridized carbons (Fsp3) is 0.276. The van der Waals surface area contributed by atoms with Gasteiger partial charge in [-0.2, -0.15) is 0 Å². The summed E-state index contributed by atoms with van der Waals surface area (Å²) >= 11 is 6.57. The number of allylic oxidation sites excluding steroid dienone is 1. The lowest BCUT2D eigenvalue weighted by Gasteiger charge is -2.26. The summed E-state index contributed by atoms with van der Waals surface area (Å²) in [6.45, 7) is 2.38. The van der Waals surface area contributed by atoms with Crippen LogP contribution in [0.2, 0.25) is 5.02 Å². The zero-order valence-electron chi connectivity index (χ0n) is 20.4. The van der Waals surface area contributed by atoms with Crippen LogP contribution in [0, 0.1) is 0 Å². The molecule has 3 heterocycles. The van der Waals surface area contributed by atoms with Gasteiger partial charge >= 0.3 is 0 Å². The van der Waals surface area contributed by atoms with E-state index in [1.54, 1.807) is 24.4 Å². The molecule has 2 aliphatic heterocycles. The fourth-order valence-electron chi connectivity index (χ4n) is 4.56. The third-order valence-corrected chi connectivity index (χ3v) is 6.88. The molecule has 0 radical (unpaired) electrons. The molecule has 0 spiro atoms. The van der Waals surface area contributed by atoms with Crippen molar-refractivity contribution in [1.29, 1.82) is 0 Å². The average Bonchev–Trinajstić information content (AvgIpc) is 3.35. The number of anilines is 1. The number of rotatable bonds is 7. The van der Waals surface area contributed by atoms with Crippen molar-refractivity contribution >= 4 is 35.2 Å². The van der Waals surface area contributed by atoms with Gasteiger partial charge in [-0.15, -0.1) is 0 Å². The van der Waals surface area contributed by atoms with Crippen molar-refractivity contribution in [3.63, 3.8) is 0 Å². The SMILES string of the molecule is Nc1ccc(/C=C/C(=O)CCC2Cc3cc(-c4ccc(C(=O)N5CCOCC5)cc4)cc(Cl)c3O2)cn1. The number of fused-ring (bicyclic) bond motifs is 1. The number of benzene rings is 2. The van der Waals surface area contributed by atoms with Gasteiger partial charge in [0.1, 0.15) is 17.7 Å². The van der Waals surface area contributed by atoms with Crippen LogP contribution in [0.3, 0.4) is 0 Å². The van der Waals surface area contributed by atoms with Gasteiger partial charge < -0.3 is 20.1 Å². The van der Waals surface area contributed by atoms with Crippen molar-refractivity contribution in [2.75, 3.05) is 32.0 Å². The highest BCUT2D eigenvalue weighted by Gasteiger charge is 2.26. The van der Waals surface area contributed by atoms with Crippen LogP contribution in [0.1, 0.15) is 34.3 Å². The Hall–Kier alpha value is -3.68. The molecule has 1 atom stereocenters. The molecule has 190 valence electrons. The summed E-state index contributed by atoms with van der Waals surface area (Å²) in [5.74, 6) is 1.17. The van der Waals surface area contributed by atoms with Crippen LogP contribution in [0.4, 0.5) is 5.82 Å². The van der Waals surface area contributed by atoms with Gasteiger partial charge in [-0.3, -0.25) is 9.59 Å². The topological polar surface area (TPSA) is 94.8 Å². The highest BCUT2D eigenvalue weighted by molar-refractivity contribution is 6.32. The van der Waals surface area contributed by atoms with Gasteiger partial charge in [0.05, 0.1) is 18.2 Å². The number of nitrogens with two attached hydrogens (primary N) is 1. The van der Waals surface area contributed by atoms with Crippen LogP contribution in [-0.4, -0.2) is 54.0 Å². The second-order valence-electron chi connectivity index (χ2n) is 9.23. The molecule has 7 nitrogen and oxygen atoms in total. The molecular weight excluding hydrogens is 490 g/mol. The summed E-state index contributed by atoms with van der Waals surface area (Å²) < 4.78 is 11.4. The summed E-state index contributed by atoms with van der Waals surface area (Å²) in [5.41, 5.74) is 10.0. The summed E-state index contributed by atoms with van der Waals surface area (Å²) in [6.07, 6.45) is 6.49. The first kappa shape index (κ1) is 25.0. The van der Waals surface area contributed by atoms with E-state index < -0.39 is 0 Å². The van der Waals surface area contributed by atoms with Crippen molar-refractivity contribution < 1.29 is 19.1 Å². The largest absolute Gasteiger partial charge is 0.488 e. The van der Waals surface area contributed by atoms with Crippen LogP contribution in [0.15, 0.2) is 60.8 Å². The van der Waals surface area contributed by atoms with E-state index in [1.807, 2.05) is 41.3 Å². The van der Waals surface area contributed by atoms with E-state index in [4.69, 9.17) is 26.8 Å². The van der Waals surface area contributed by atoms with E-state index >= 15 is 0 Å². The number of nitrogens with zero attached hydrogens (tertiary/aromatic N) is 2. The highest BCUT2D eigenvalue weighted by atomic mass is 35.5. The molecule has 2 aliphatic rings.